The number of nitrogens with zero attached hydrogens (tertiary/aromatic N) is 2. The molecule has 2 atom stereocenters. The molecule has 1 aliphatic heterocycles. The summed E-state index contributed by atoms with van der Waals surface area (Å²) in [5, 5.41) is 12.6. The lowest BCUT2D eigenvalue weighted by Crippen LogP contribution is -2.51. The molecule has 2 fully saturated rings. The number of hydrogen-bond acceptors (Lipinski definition) is 3. The van der Waals surface area contributed by atoms with Crippen LogP contribution >= 0.6 is 0 Å². The van der Waals surface area contributed by atoms with Crippen molar-refractivity contribution in [1.29, 1.82) is 5.26 Å². The molecule has 0 bridgehead atoms. The third-order valence-electron chi connectivity index (χ3n) is 4.11. The Bertz CT molecular complexity index is 265. The molecule has 0 aromatic heterocycles. The van der Waals surface area contributed by atoms with Gasteiger partial charge in [0.05, 0.1) is 12.6 Å². The number of nitrogens with one attached hydrogen (secondary N) is 1. The van der Waals surface area contributed by atoms with Crippen molar-refractivity contribution < 1.29 is 0 Å². The van der Waals surface area contributed by atoms with Crippen molar-refractivity contribution in [3.8, 4) is 6.07 Å². The van der Waals surface area contributed by atoms with Crippen molar-refractivity contribution >= 4 is 0 Å². The molecule has 1 N–H and O–H groups in total. The van der Waals surface area contributed by atoms with Crippen LogP contribution in [-0.4, -0.2) is 36.6 Å². The third kappa shape index (κ3) is 3.97. The molecular formula is C14H25N3. The molecule has 1 saturated carbocycles. The summed E-state index contributed by atoms with van der Waals surface area (Å²) in [6.07, 6.45) is 8.17. The quantitative estimate of drug-likeness (QED) is 0.762. The second-order valence-electron chi connectivity index (χ2n) is 5.89. The molecule has 0 aromatic rings. The average molecular weight is 235 g/mol. The highest BCUT2D eigenvalue weighted by Gasteiger charge is 2.26. The number of likely N-dealkylation sites (tertiary alicyclic amines) is 1. The van der Waals surface area contributed by atoms with Gasteiger partial charge < -0.3 is 5.32 Å². The van der Waals surface area contributed by atoms with Crippen LogP contribution in [0.25, 0.3) is 0 Å². The fourth-order valence-electron chi connectivity index (χ4n) is 3.41. The van der Waals surface area contributed by atoms with Crippen LogP contribution < -0.4 is 5.32 Å². The summed E-state index contributed by atoms with van der Waals surface area (Å²) in [5.74, 6) is 0.721. The van der Waals surface area contributed by atoms with Gasteiger partial charge in [-0.2, -0.15) is 5.26 Å². The van der Waals surface area contributed by atoms with Gasteiger partial charge in [0, 0.05) is 25.2 Å². The van der Waals surface area contributed by atoms with E-state index in [1.807, 2.05) is 0 Å². The predicted octanol–water partition coefficient (Wildman–Crippen LogP) is 2.14. The van der Waals surface area contributed by atoms with Crippen LogP contribution in [0.15, 0.2) is 0 Å². The van der Waals surface area contributed by atoms with Crippen LogP contribution in [0.2, 0.25) is 0 Å². The highest BCUT2D eigenvalue weighted by Crippen LogP contribution is 2.21. The van der Waals surface area contributed by atoms with E-state index in [-0.39, 0.29) is 0 Å². The number of piperidine rings is 1. The van der Waals surface area contributed by atoms with Gasteiger partial charge in [-0.3, -0.25) is 4.90 Å². The average Bonchev–Trinajstić information content (AvgIpc) is 2.30. The Balaban J connectivity index is 1.80. The Morgan fingerprint density at radius 3 is 2.65 bits per heavy atom. The van der Waals surface area contributed by atoms with Crippen molar-refractivity contribution in [1.82, 2.24) is 10.2 Å². The maximum absolute atomic E-state index is 8.80. The van der Waals surface area contributed by atoms with Crippen LogP contribution in [0, 0.1) is 17.2 Å². The molecule has 0 aromatic carbocycles. The minimum Gasteiger partial charge on any atom is -0.310 e. The first-order valence-electron chi connectivity index (χ1n) is 7.13. The van der Waals surface area contributed by atoms with Crippen molar-refractivity contribution in [3.63, 3.8) is 0 Å². The Labute approximate surface area is 105 Å². The Morgan fingerprint density at radius 1 is 1.18 bits per heavy atom. The van der Waals surface area contributed by atoms with Crippen LogP contribution in [0.5, 0.6) is 0 Å². The maximum Gasteiger partial charge on any atom is 0.0866 e. The summed E-state index contributed by atoms with van der Waals surface area (Å²) >= 11 is 0. The van der Waals surface area contributed by atoms with Crippen LogP contribution in [0.3, 0.4) is 0 Å². The van der Waals surface area contributed by atoms with Gasteiger partial charge in [-0.25, -0.2) is 0 Å². The maximum atomic E-state index is 8.80. The molecule has 17 heavy (non-hydrogen) atoms. The first kappa shape index (κ1) is 12.9. The SMILES string of the molecule is CC1CC(NC2CCCCC2)CN(CC#N)C1. The number of hydrogen-bond donors (Lipinski definition) is 1. The van der Waals surface area contributed by atoms with E-state index in [4.69, 9.17) is 5.26 Å². The highest BCUT2D eigenvalue weighted by molar-refractivity contribution is 4.88. The van der Waals surface area contributed by atoms with E-state index in [0.717, 1.165) is 25.0 Å². The standard InChI is InChI=1S/C14H25N3/c1-12-9-14(11-17(10-12)8-7-15)16-13-5-3-2-4-6-13/h12-14,16H,2-6,8-11H2,1H3. The zero-order valence-electron chi connectivity index (χ0n) is 11.0. The van der Waals surface area contributed by atoms with Crippen molar-refractivity contribution in [2.75, 3.05) is 19.6 Å². The molecule has 96 valence electrons. The Kier molecular flexibility index (Phi) is 4.82. The van der Waals surface area contributed by atoms with Crippen LogP contribution in [0.1, 0.15) is 45.4 Å². The summed E-state index contributed by atoms with van der Waals surface area (Å²) in [7, 11) is 0. The predicted molar refractivity (Wildman–Crippen MR) is 69.6 cm³/mol. The van der Waals surface area contributed by atoms with E-state index in [2.05, 4.69) is 23.2 Å². The van der Waals surface area contributed by atoms with Crippen molar-refractivity contribution in [3.05, 3.63) is 0 Å². The Morgan fingerprint density at radius 2 is 1.94 bits per heavy atom. The molecule has 1 aliphatic carbocycles. The minimum absolute atomic E-state index is 0.590. The normalized spacial score (nSPS) is 32.2. The minimum atomic E-state index is 0.590. The summed E-state index contributed by atoms with van der Waals surface area (Å²) in [4.78, 5) is 2.30. The van der Waals surface area contributed by atoms with Crippen molar-refractivity contribution in [2.45, 2.75) is 57.5 Å². The van der Waals surface area contributed by atoms with E-state index >= 15 is 0 Å². The van der Waals surface area contributed by atoms with Gasteiger partial charge in [0.2, 0.25) is 0 Å². The zero-order chi connectivity index (χ0) is 12.1. The molecule has 1 saturated heterocycles. The van der Waals surface area contributed by atoms with Gasteiger partial charge in [0.1, 0.15) is 0 Å². The molecular weight excluding hydrogens is 210 g/mol. The third-order valence-corrected chi connectivity index (χ3v) is 4.11. The van der Waals surface area contributed by atoms with Crippen molar-refractivity contribution in [2.24, 2.45) is 5.92 Å². The van der Waals surface area contributed by atoms with Gasteiger partial charge in [0.15, 0.2) is 0 Å². The van der Waals surface area contributed by atoms with Crippen LogP contribution in [-0.2, 0) is 0 Å². The second kappa shape index (κ2) is 6.37. The lowest BCUT2D eigenvalue weighted by molar-refractivity contribution is 0.151. The molecule has 1 heterocycles. The molecule has 0 amide bonds. The van der Waals surface area contributed by atoms with Crippen LogP contribution in [0.4, 0.5) is 0 Å². The van der Waals surface area contributed by atoms with Gasteiger partial charge in [-0.05, 0) is 25.2 Å². The molecule has 2 aliphatic rings. The van der Waals surface area contributed by atoms with E-state index in [0.29, 0.717) is 12.6 Å². The molecule has 2 unspecified atom stereocenters. The first-order chi connectivity index (χ1) is 8.28. The highest BCUT2D eigenvalue weighted by atomic mass is 15.2. The topological polar surface area (TPSA) is 39.1 Å². The number of rotatable bonds is 3. The number of nitriles is 1. The summed E-state index contributed by atoms with van der Waals surface area (Å²) in [6, 6.07) is 3.63. The zero-order valence-corrected chi connectivity index (χ0v) is 11.0. The lowest BCUT2D eigenvalue weighted by Gasteiger charge is -2.38. The fourth-order valence-corrected chi connectivity index (χ4v) is 3.41. The van der Waals surface area contributed by atoms with Gasteiger partial charge in [0.25, 0.3) is 0 Å². The summed E-state index contributed by atoms with van der Waals surface area (Å²) in [6.45, 7) is 5.05. The lowest BCUT2D eigenvalue weighted by atomic mass is 9.91. The van der Waals surface area contributed by atoms with E-state index in [1.54, 1.807) is 0 Å². The van der Waals surface area contributed by atoms with Gasteiger partial charge >= 0.3 is 0 Å². The molecule has 0 radical (unpaired) electrons. The van der Waals surface area contributed by atoms with E-state index in [9.17, 15) is 0 Å². The molecule has 3 nitrogen and oxygen atoms in total. The Hall–Kier alpha value is -0.590. The fraction of sp³-hybridized carbons (Fsp3) is 0.929. The van der Waals surface area contributed by atoms with Gasteiger partial charge in [-0.1, -0.05) is 26.2 Å². The summed E-state index contributed by atoms with van der Waals surface area (Å²) in [5.41, 5.74) is 0. The van der Waals surface area contributed by atoms with E-state index < -0.39 is 0 Å². The largest absolute Gasteiger partial charge is 0.310 e. The molecule has 2 rings (SSSR count). The second-order valence-corrected chi connectivity index (χ2v) is 5.89. The van der Waals surface area contributed by atoms with Gasteiger partial charge in [-0.15, -0.1) is 0 Å². The molecule has 3 heteroatoms. The molecule has 0 spiro atoms. The first-order valence-corrected chi connectivity index (χ1v) is 7.13. The summed E-state index contributed by atoms with van der Waals surface area (Å²) < 4.78 is 0. The van der Waals surface area contributed by atoms with E-state index in [1.165, 1.54) is 38.5 Å². The monoisotopic (exact) mass is 235 g/mol. The smallest absolute Gasteiger partial charge is 0.0866 e.